The van der Waals surface area contributed by atoms with Crippen LogP contribution in [0.15, 0.2) is 0 Å². The molecule has 3 nitrogen and oxygen atoms in total. The van der Waals surface area contributed by atoms with Crippen molar-refractivity contribution in [1.82, 2.24) is 5.32 Å². The summed E-state index contributed by atoms with van der Waals surface area (Å²) >= 11 is 0. The standard InChI is InChI=1S/C15H31NO2/c1-3-5-7-9-10-11-13-16-15(17)18-14-12-8-6-4-2/h3-14H2,1-2H3,(H,16,17). The Balaban J connectivity index is 3.12. The predicted octanol–water partition coefficient (Wildman–Crippen LogP) is 4.65. The maximum absolute atomic E-state index is 11.3. The zero-order valence-electron chi connectivity index (χ0n) is 12.3. The Hall–Kier alpha value is -0.730. The van der Waals surface area contributed by atoms with Gasteiger partial charge in [0.25, 0.3) is 0 Å². The minimum atomic E-state index is -0.250. The second-order valence-corrected chi connectivity index (χ2v) is 4.89. The number of nitrogens with one attached hydrogen (secondary N) is 1. The van der Waals surface area contributed by atoms with E-state index in [0.717, 1.165) is 25.8 Å². The molecular weight excluding hydrogens is 226 g/mol. The number of ether oxygens (including phenoxy) is 1. The average molecular weight is 257 g/mol. The third kappa shape index (κ3) is 13.3. The van der Waals surface area contributed by atoms with Gasteiger partial charge < -0.3 is 10.1 Å². The van der Waals surface area contributed by atoms with Crippen molar-refractivity contribution in [2.45, 2.75) is 78.1 Å². The predicted molar refractivity (Wildman–Crippen MR) is 76.9 cm³/mol. The molecule has 0 heterocycles. The Kier molecular flexibility index (Phi) is 13.8. The zero-order chi connectivity index (χ0) is 13.5. The Morgan fingerprint density at radius 3 is 2.06 bits per heavy atom. The molecule has 0 saturated heterocycles. The van der Waals surface area contributed by atoms with Crippen LogP contribution in [-0.4, -0.2) is 19.2 Å². The molecule has 0 aromatic heterocycles. The van der Waals surface area contributed by atoms with Crippen LogP contribution in [0.3, 0.4) is 0 Å². The highest BCUT2D eigenvalue weighted by Gasteiger charge is 2.00. The molecule has 1 N–H and O–H groups in total. The van der Waals surface area contributed by atoms with Crippen LogP contribution in [0, 0.1) is 0 Å². The minimum absolute atomic E-state index is 0.250. The molecule has 0 aromatic rings. The number of hydrogen-bond acceptors (Lipinski definition) is 2. The van der Waals surface area contributed by atoms with Crippen LogP contribution in [0.25, 0.3) is 0 Å². The maximum atomic E-state index is 11.3. The molecule has 0 aliphatic rings. The van der Waals surface area contributed by atoms with Crippen LogP contribution in [0.5, 0.6) is 0 Å². The second-order valence-electron chi connectivity index (χ2n) is 4.89. The van der Waals surface area contributed by atoms with Gasteiger partial charge in [-0.2, -0.15) is 0 Å². The van der Waals surface area contributed by atoms with Crippen molar-refractivity contribution in [3.63, 3.8) is 0 Å². The highest BCUT2D eigenvalue weighted by atomic mass is 16.5. The van der Waals surface area contributed by atoms with E-state index in [1.54, 1.807) is 0 Å². The quantitative estimate of drug-likeness (QED) is 0.517. The van der Waals surface area contributed by atoms with Crippen LogP contribution in [0.2, 0.25) is 0 Å². The molecule has 0 aromatic carbocycles. The maximum Gasteiger partial charge on any atom is 0.407 e. The SMILES string of the molecule is CCCCCCCCNC(=O)OCCCCCC. The molecule has 0 aliphatic heterocycles. The Morgan fingerprint density at radius 2 is 1.39 bits per heavy atom. The van der Waals surface area contributed by atoms with Crippen molar-refractivity contribution < 1.29 is 9.53 Å². The van der Waals surface area contributed by atoms with Gasteiger partial charge in [-0.05, 0) is 12.8 Å². The van der Waals surface area contributed by atoms with Crippen molar-refractivity contribution in [2.75, 3.05) is 13.2 Å². The first kappa shape index (κ1) is 17.3. The number of carbonyl (C=O) groups is 1. The van der Waals surface area contributed by atoms with Crippen molar-refractivity contribution in [2.24, 2.45) is 0 Å². The van der Waals surface area contributed by atoms with Gasteiger partial charge in [0.05, 0.1) is 6.61 Å². The van der Waals surface area contributed by atoms with Crippen molar-refractivity contribution in [3.05, 3.63) is 0 Å². The molecule has 3 heteroatoms. The van der Waals surface area contributed by atoms with Crippen LogP contribution in [0.4, 0.5) is 4.79 Å². The summed E-state index contributed by atoms with van der Waals surface area (Å²) in [7, 11) is 0. The lowest BCUT2D eigenvalue weighted by Crippen LogP contribution is -2.25. The molecule has 0 saturated carbocycles. The van der Waals surface area contributed by atoms with E-state index in [4.69, 9.17) is 4.74 Å². The van der Waals surface area contributed by atoms with Gasteiger partial charge in [0.2, 0.25) is 0 Å². The topological polar surface area (TPSA) is 38.3 Å². The van der Waals surface area contributed by atoms with E-state index in [9.17, 15) is 4.79 Å². The molecular formula is C15H31NO2. The first-order valence-electron chi connectivity index (χ1n) is 7.71. The van der Waals surface area contributed by atoms with E-state index < -0.39 is 0 Å². The summed E-state index contributed by atoms with van der Waals surface area (Å²) < 4.78 is 5.08. The molecule has 18 heavy (non-hydrogen) atoms. The molecule has 0 unspecified atom stereocenters. The number of alkyl carbamates (subject to hydrolysis) is 1. The highest BCUT2D eigenvalue weighted by molar-refractivity contribution is 5.66. The van der Waals surface area contributed by atoms with Gasteiger partial charge in [-0.25, -0.2) is 4.79 Å². The van der Waals surface area contributed by atoms with Crippen molar-refractivity contribution >= 4 is 6.09 Å². The summed E-state index contributed by atoms with van der Waals surface area (Å²) in [6.45, 7) is 5.70. The summed E-state index contributed by atoms with van der Waals surface area (Å²) in [5.74, 6) is 0. The normalized spacial score (nSPS) is 10.3. The molecule has 0 rings (SSSR count). The highest BCUT2D eigenvalue weighted by Crippen LogP contribution is 2.04. The van der Waals surface area contributed by atoms with E-state index in [-0.39, 0.29) is 6.09 Å². The molecule has 0 spiro atoms. The first-order chi connectivity index (χ1) is 8.81. The second kappa shape index (κ2) is 14.3. The van der Waals surface area contributed by atoms with Gasteiger partial charge in [-0.1, -0.05) is 65.2 Å². The number of carbonyl (C=O) groups excluding carboxylic acids is 1. The van der Waals surface area contributed by atoms with Gasteiger partial charge >= 0.3 is 6.09 Å². The Labute approximate surface area is 113 Å². The summed E-state index contributed by atoms with van der Waals surface area (Å²) in [5.41, 5.74) is 0. The first-order valence-corrected chi connectivity index (χ1v) is 7.71. The fourth-order valence-electron chi connectivity index (χ4n) is 1.84. The average Bonchev–Trinajstić information content (AvgIpc) is 2.37. The fourth-order valence-corrected chi connectivity index (χ4v) is 1.84. The monoisotopic (exact) mass is 257 g/mol. The lowest BCUT2D eigenvalue weighted by molar-refractivity contribution is 0.143. The molecule has 0 atom stereocenters. The minimum Gasteiger partial charge on any atom is -0.450 e. The number of rotatable bonds is 12. The van der Waals surface area contributed by atoms with Crippen molar-refractivity contribution in [1.29, 1.82) is 0 Å². The van der Waals surface area contributed by atoms with Crippen molar-refractivity contribution in [3.8, 4) is 0 Å². The van der Waals surface area contributed by atoms with Gasteiger partial charge in [-0.15, -0.1) is 0 Å². The van der Waals surface area contributed by atoms with Gasteiger partial charge in [0.1, 0.15) is 0 Å². The van der Waals surface area contributed by atoms with Crippen LogP contribution < -0.4 is 5.32 Å². The van der Waals surface area contributed by atoms with E-state index in [0.29, 0.717) is 6.61 Å². The van der Waals surface area contributed by atoms with Gasteiger partial charge in [-0.3, -0.25) is 0 Å². The molecule has 0 bridgehead atoms. The van der Waals surface area contributed by atoms with Gasteiger partial charge in [0, 0.05) is 6.54 Å². The zero-order valence-corrected chi connectivity index (χ0v) is 12.3. The number of hydrogen-bond donors (Lipinski definition) is 1. The smallest absolute Gasteiger partial charge is 0.407 e. The molecule has 0 aliphatic carbocycles. The van der Waals surface area contributed by atoms with E-state index in [2.05, 4.69) is 19.2 Å². The van der Waals surface area contributed by atoms with Crippen LogP contribution >= 0.6 is 0 Å². The number of unbranched alkanes of at least 4 members (excludes halogenated alkanes) is 8. The summed E-state index contributed by atoms with van der Waals surface area (Å²) in [6.07, 6.45) is 11.8. The summed E-state index contributed by atoms with van der Waals surface area (Å²) in [4.78, 5) is 11.3. The lowest BCUT2D eigenvalue weighted by atomic mass is 10.1. The summed E-state index contributed by atoms with van der Waals surface area (Å²) in [5, 5.41) is 2.80. The number of amides is 1. The summed E-state index contributed by atoms with van der Waals surface area (Å²) in [6, 6.07) is 0. The molecule has 108 valence electrons. The lowest BCUT2D eigenvalue weighted by Gasteiger charge is -2.06. The van der Waals surface area contributed by atoms with E-state index >= 15 is 0 Å². The Bertz CT molecular complexity index is 183. The van der Waals surface area contributed by atoms with Gasteiger partial charge in [0.15, 0.2) is 0 Å². The fraction of sp³-hybridized carbons (Fsp3) is 0.933. The van der Waals surface area contributed by atoms with E-state index in [1.165, 1.54) is 44.9 Å². The largest absolute Gasteiger partial charge is 0.450 e. The third-order valence-electron chi connectivity index (χ3n) is 3.03. The van der Waals surface area contributed by atoms with E-state index in [1.807, 2.05) is 0 Å². The van der Waals surface area contributed by atoms with Crippen LogP contribution in [0.1, 0.15) is 78.1 Å². The Morgan fingerprint density at radius 1 is 0.833 bits per heavy atom. The molecule has 1 amide bonds. The third-order valence-corrected chi connectivity index (χ3v) is 3.03. The molecule has 0 radical (unpaired) electrons. The molecule has 0 fully saturated rings. The van der Waals surface area contributed by atoms with Crippen LogP contribution in [-0.2, 0) is 4.74 Å².